The minimum Gasteiger partial charge on any atom is -0.444 e. The number of nitrogens with zero attached hydrogens (tertiary/aromatic N) is 1. The molecule has 112 valence electrons. The average molecular weight is 280 g/mol. The third-order valence-corrected chi connectivity index (χ3v) is 3.10. The smallest absolute Gasteiger partial charge is 0.410 e. The Morgan fingerprint density at radius 2 is 2.15 bits per heavy atom. The van der Waals surface area contributed by atoms with Crippen LogP contribution in [-0.2, 0) is 9.53 Å². The highest BCUT2D eigenvalue weighted by Crippen LogP contribution is 2.23. The fourth-order valence-corrected chi connectivity index (χ4v) is 2.23. The molecule has 0 aliphatic carbocycles. The van der Waals surface area contributed by atoms with E-state index in [0.717, 1.165) is 12.8 Å². The van der Waals surface area contributed by atoms with Gasteiger partial charge in [0.2, 0.25) is 5.91 Å². The van der Waals surface area contributed by atoms with Gasteiger partial charge in [0.1, 0.15) is 5.60 Å². The molecule has 1 atom stereocenters. The molecule has 20 heavy (non-hydrogen) atoms. The Morgan fingerprint density at radius 1 is 1.45 bits per heavy atom. The first-order chi connectivity index (χ1) is 9.33. The van der Waals surface area contributed by atoms with Gasteiger partial charge in [-0.2, -0.15) is 0 Å². The van der Waals surface area contributed by atoms with Gasteiger partial charge in [-0.25, -0.2) is 4.79 Å². The largest absolute Gasteiger partial charge is 0.444 e. The van der Waals surface area contributed by atoms with Crippen molar-refractivity contribution in [2.75, 3.05) is 13.1 Å². The number of rotatable bonds is 4. The molecule has 1 heterocycles. The summed E-state index contributed by atoms with van der Waals surface area (Å²) < 4.78 is 5.38. The molecule has 0 bridgehead atoms. The van der Waals surface area contributed by atoms with Gasteiger partial charge in [-0.1, -0.05) is 5.92 Å². The van der Waals surface area contributed by atoms with E-state index >= 15 is 0 Å². The fraction of sp³-hybridized carbons (Fsp3) is 0.733. The third kappa shape index (κ3) is 5.52. The summed E-state index contributed by atoms with van der Waals surface area (Å²) in [4.78, 5) is 25.3. The van der Waals surface area contributed by atoms with Gasteiger partial charge in [0.25, 0.3) is 0 Å². The molecule has 5 nitrogen and oxygen atoms in total. The van der Waals surface area contributed by atoms with E-state index in [1.165, 1.54) is 0 Å². The maximum Gasteiger partial charge on any atom is 0.410 e. The molecule has 0 aromatic rings. The highest BCUT2D eigenvalue weighted by Gasteiger charge is 2.32. The van der Waals surface area contributed by atoms with Crippen LogP contribution in [0.2, 0.25) is 0 Å². The summed E-state index contributed by atoms with van der Waals surface area (Å²) in [7, 11) is 0. The topological polar surface area (TPSA) is 58.6 Å². The molecule has 1 N–H and O–H groups in total. The van der Waals surface area contributed by atoms with Crippen molar-refractivity contribution in [2.45, 2.75) is 58.1 Å². The zero-order valence-corrected chi connectivity index (χ0v) is 12.6. The second kappa shape index (κ2) is 7.18. The van der Waals surface area contributed by atoms with Crippen LogP contribution in [0.25, 0.3) is 0 Å². The quantitative estimate of drug-likeness (QED) is 0.800. The lowest BCUT2D eigenvalue weighted by Crippen LogP contribution is -2.40. The minimum atomic E-state index is -0.492. The Bertz CT molecular complexity index is 393. The predicted molar refractivity (Wildman–Crippen MR) is 77.0 cm³/mol. The highest BCUT2D eigenvalue weighted by molar-refractivity contribution is 5.76. The van der Waals surface area contributed by atoms with Crippen molar-refractivity contribution in [2.24, 2.45) is 0 Å². The van der Waals surface area contributed by atoms with Crippen molar-refractivity contribution in [3.05, 3.63) is 0 Å². The molecular weight excluding hydrogens is 256 g/mol. The number of hydrogen-bond donors (Lipinski definition) is 1. The molecule has 0 saturated carbocycles. The number of nitrogens with one attached hydrogen (secondary N) is 1. The number of carbonyl (C=O) groups is 2. The van der Waals surface area contributed by atoms with E-state index in [9.17, 15) is 9.59 Å². The zero-order chi connectivity index (χ0) is 15.2. The number of ether oxygens (including phenoxy) is 1. The maximum absolute atomic E-state index is 12.1. The molecule has 0 aromatic heterocycles. The van der Waals surface area contributed by atoms with E-state index < -0.39 is 5.60 Å². The van der Waals surface area contributed by atoms with E-state index in [2.05, 4.69) is 11.2 Å². The van der Waals surface area contributed by atoms with Crippen LogP contribution < -0.4 is 5.32 Å². The second-order valence-corrected chi connectivity index (χ2v) is 5.99. The first-order valence-electron chi connectivity index (χ1n) is 7.03. The van der Waals surface area contributed by atoms with E-state index in [4.69, 9.17) is 11.2 Å². The van der Waals surface area contributed by atoms with Crippen molar-refractivity contribution < 1.29 is 14.3 Å². The van der Waals surface area contributed by atoms with E-state index in [1.807, 2.05) is 20.8 Å². The molecule has 0 aromatic carbocycles. The van der Waals surface area contributed by atoms with Gasteiger partial charge in [-0.05, 0) is 40.0 Å². The van der Waals surface area contributed by atoms with Crippen LogP contribution in [0.4, 0.5) is 4.79 Å². The van der Waals surface area contributed by atoms with E-state index in [0.29, 0.717) is 19.4 Å². The molecule has 5 heteroatoms. The molecule has 1 saturated heterocycles. The lowest BCUT2D eigenvalue weighted by molar-refractivity contribution is -0.121. The summed E-state index contributed by atoms with van der Waals surface area (Å²) in [5.74, 6) is 2.29. The summed E-state index contributed by atoms with van der Waals surface area (Å²) in [6.45, 7) is 6.50. The van der Waals surface area contributed by atoms with Gasteiger partial charge in [-0.3, -0.25) is 4.79 Å². The first-order valence-corrected chi connectivity index (χ1v) is 7.03. The Balaban J connectivity index is 2.43. The standard InChI is InChI=1S/C15H24N2O3/c1-5-10-16-13(18)9-8-12-7-6-11-17(12)14(19)20-15(2,3)4/h1,12H,6-11H2,2-4H3,(H,16,18). The second-order valence-electron chi connectivity index (χ2n) is 5.99. The van der Waals surface area contributed by atoms with Gasteiger partial charge in [0, 0.05) is 19.0 Å². The normalized spacial score (nSPS) is 18.5. The predicted octanol–water partition coefficient (Wildman–Crippen LogP) is 1.92. The molecule has 0 radical (unpaired) electrons. The number of likely N-dealkylation sites (tertiary alicyclic amines) is 1. The highest BCUT2D eigenvalue weighted by atomic mass is 16.6. The molecular formula is C15H24N2O3. The SMILES string of the molecule is C#CCNC(=O)CCC1CCCN1C(=O)OC(C)(C)C. The number of amides is 2. The maximum atomic E-state index is 12.1. The molecule has 1 aliphatic heterocycles. The van der Waals surface area contributed by atoms with Crippen molar-refractivity contribution in [1.82, 2.24) is 10.2 Å². The molecule has 0 spiro atoms. The van der Waals surface area contributed by atoms with Crippen LogP contribution in [0.3, 0.4) is 0 Å². The Kier molecular flexibility index (Phi) is 5.87. The van der Waals surface area contributed by atoms with Crippen LogP contribution in [0.1, 0.15) is 46.5 Å². The zero-order valence-electron chi connectivity index (χ0n) is 12.6. The number of carbonyl (C=O) groups excluding carboxylic acids is 2. The molecule has 1 rings (SSSR count). The lowest BCUT2D eigenvalue weighted by atomic mass is 10.1. The summed E-state index contributed by atoms with van der Waals surface area (Å²) in [5.41, 5.74) is -0.492. The van der Waals surface area contributed by atoms with Crippen molar-refractivity contribution in [3.8, 4) is 12.3 Å². The van der Waals surface area contributed by atoms with Crippen molar-refractivity contribution in [3.63, 3.8) is 0 Å². The third-order valence-electron chi connectivity index (χ3n) is 3.10. The Morgan fingerprint density at radius 3 is 2.75 bits per heavy atom. The summed E-state index contributed by atoms with van der Waals surface area (Å²) >= 11 is 0. The van der Waals surface area contributed by atoms with E-state index in [-0.39, 0.29) is 24.6 Å². The monoisotopic (exact) mass is 280 g/mol. The van der Waals surface area contributed by atoms with Crippen LogP contribution in [-0.4, -0.2) is 41.6 Å². The minimum absolute atomic E-state index is 0.0704. The first kappa shape index (κ1) is 16.4. The van der Waals surface area contributed by atoms with Gasteiger partial charge >= 0.3 is 6.09 Å². The summed E-state index contributed by atoms with van der Waals surface area (Å²) in [6, 6.07) is 0.0847. The van der Waals surface area contributed by atoms with Gasteiger partial charge in [0.05, 0.1) is 6.54 Å². The summed E-state index contributed by atoms with van der Waals surface area (Å²) in [5, 5.41) is 2.63. The number of hydrogen-bond acceptors (Lipinski definition) is 3. The van der Waals surface area contributed by atoms with E-state index in [1.54, 1.807) is 4.90 Å². The fourth-order valence-electron chi connectivity index (χ4n) is 2.23. The number of terminal acetylenes is 1. The average Bonchev–Trinajstić information content (AvgIpc) is 2.80. The summed E-state index contributed by atoms with van der Waals surface area (Å²) in [6.07, 6.45) is 7.70. The van der Waals surface area contributed by atoms with Gasteiger partial charge < -0.3 is 15.0 Å². The van der Waals surface area contributed by atoms with Crippen LogP contribution in [0.5, 0.6) is 0 Å². The van der Waals surface area contributed by atoms with Crippen LogP contribution in [0, 0.1) is 12.3 Å². The molecule has 1 unspecified atom stereocenters. The van der Waals surface area contributed by atoms with Crippen LogP contribution >= 0.6 is 0 Å². The van der Waals surface area contributed by atoms with Crippen molar-refractivity contribution in [1.29, 1.82) is 0 Å². The Hall–Kier alpha value is -1.70. The molecule has 1 fully saturated rings. The van der Waals surface area contributed by atoms with Crippen LogP contribution in [0.15, 0.2) is 0 Å². The molecule has 1 aliphatic rings. The van der Waals surface area contributed by atoms with Gasteiger partial charge in [0.15, 0.2) is 0 Å². The Labute approximate surface area is 121 Å². The lowest BCUT2D eigenvalue weighted by Gasteiger charge is -2.28. The van der Waals surface area contributed by atoms with Gasteiger partial charge in [-0.15, -0.1) is 6.42 Å². The van der Waals surface area contributed by atoms with Crippen molar-refractivity contribution >= 4 is 12.0 Å². The molecule has 2 amide bonds.